The van der Waals surface area contributed by atoms with Crippen LogP contribution in [0.2, 0.25) is 0 Å². The molecule has 0 heterocycles. The van der Waals surface area contributed by atoms with Crippen molar-refractivity contribution in [1.29, 1.82) is 0 Å². The minimum atomic E-state index is -4.01. The SMILES string of the molecule is C=CCc1cc(OC)ccc1OS(N)(=O)=O. The van der Waals surface area contributed by atoms with Crippen molar-refractivity contribution in [3.8, 4) is 11.5 Å². The third kappa shape index (κ3) is 3.56. The Labute approximate surface area is 94.7 Å². The molecule has 0 aliphatic rings. The molecule has 1 rings (SSSR count). The summed E-state index contributed by atoms with van der Waals surface area (Å²) in [5, 5.41) is 4.80. The molecule has 1 aromatic rings. The lowest BCUT2D eigenvalue weighted by molar-refractivity contribution is 0.413. The van der Waals surface area contributed by atoms with Gasteiger partial charge >= 0.3 is 10.3 Å². The largest absolute Gasteiger partial charge is 0.497 e. The molecule has 0 amide bonds. The average molecular weight is 243 g/mol. The van der Waals surface area contributed by atoms with Crippen LogP contribution in [-0.4, -0.2) is 15.5 Å². The fourth-order valence-corrected chi connectivity index (χ4v) is 1.62. The Morgan fingerprint density at radius 2 is 2.19 bits per heavy atom. The number of ether oxygens (including phenoxy) is 1. The summed E-state index contributed by atoms with van der Waals surface area (Å²) in [4.78, 5) is 0. The number of rotatable bonds is 5. The maximum atomic E-state index is 10.8. The van der Waals surface area contributed by atoms with E-state index >= 15 is 0 Å². The minimum Gasteiger partial charge on any atom is -0.497 e. The van der Waals surface area contributed by atoms with E-state index in [-0.39, 0.29) is 5.75 Å². The van der Waals surface area contributed by atoms with Crippen molar-refractivity contribution in [2.75, 3.05) is 7.11 Å². The number of hydrogen-bond acceptors (Lipinski definition) is 4. The standard InChI is InChI=1S/C10H13NO4S/c1-3-4-8-7-9(14-2)5-6-10(8)15-16(11,12)13/h3,5-7H,1,4H2,2H3,(H2,11,12,13). The Bertz CT molecular complexity index is 482. The molecule has 0 radical (unpaired) electrons. The van der Waals surface area contributed by atoms with Gasteiger partial charge in [0, 0.05) is 5.56 Å². The predicted octanol–water partition coefficient (Wildman–Crippen LogP) is 1.01. The first-order valence-electron chi connectivity index (χ1n) is 4.46. The molecule has 0 atom stereocenters. The van der Waals surface area contributed by atoms with Crippen LogP contribution >= 0.6 is 0 Å². The van der Waals surface area contributed by atoms with Gasteiger partial charge in [-0.25, -0.2) is 0 Å². The summed E-state index contributed by atoms with van der Waals surface area (Å²) in [6, 6.07) is 4.75. The highest BCUT2D eigenvalue weighted by Gasteiger charge is 2.10. The summed E-state index contributed by atoms with van der Waals surface area (Å²) >= 11 is 0. The maximum Gasteiger partial charge on any atom is 0.380 e. The van der Waals surface area contributed by atoms with Crippen molar-refractivity contribution in [1.82, 2.24) is 0 Å². The number of hydrogen-bond donors (Lipinski definition) is 1. The number of benzene rings is 1. The first-order chi connectivity index (χ1) is 7.46. The summed E-state index contributed by atoms with van der Waals surface area (Å²) in [6.07, 6.45) is 2.09. The molecule has 16 heavy (non-hydrogen) atoms. The lowest BCUT2D eigenvalue weighted by atomic mass is 10.1. The van der Waals surface area contributed by atoms with Crippen molar-refractivity contribution in [2.45, 2.75) is 6.42 Å². The fourth-order valence-electron chi connectivity index (χ4n) is 1.20. The summed E-state index contributed by atoms with van der Waals surface area (Å²) < 4.78 is 31.3. The van der Waals surface area contributed by atoms with E-state index in [0.29, 0.717) is 17.7 Å². The highest BCUT2D eigenvalue weighted by atomic mass is 32.2. The highest BCUT2D eigenvalue weighted by Crippen LogP contribution is 2.25. The molecule has 0 aliphatic carbocycles. The Morgan fingerprint density at radius 3 is 2.69 bits per heavy atom. The normalized spacial score (nSPS) is 10.9. The Hall–Kier alpha value is -1.53. The van der Waals surface area contributed by atoms with Crippen LogP contribution < -0.4 is 14.1 Å². The van der Waals surface area contributed by atoms with Crippen molar-refractivity contribution >= 4 is 10.3 Å². The van der Waals surface area contributed by atoms with Gasteiger partial charge in [0.15, 0.2) is 0 Å². The van der Waals surface area contributed by atoms with Crippen molar-refractivity contribution in [3.05, 3.63) is 36.4 Å². The van der Waals surface area contributed by atoms with Gasteiger partial charge < -0.3 is 8.92 Å². The van der Waals surface area contributed by atoms with E-state index in [9.17, 15) is 8.42 Å². The summed E-state index contributed by atoms with van der Waals surface area (Å²) in [5.74, 6) is 0.793. The summed E-state index contributed by atoms with van der Waals surface area (Å²) in [5.41, 5.74) is 0.642. The molecule has 0 aromatic heterocycles. The van der Waals surface area contributed by atoms with Crippen LogP contribution in [0.3, 0.4) is 0 Å². The van der Waals surface area contributed by atoms with Gasteiger partial charge in [-0.1, -0.05) is 6.08 Å². The van der Waals surface area contributed by atoms with Crippen LogP contribution in [0, 0.1) is 0 Å². The van der Waals surface area contributed by atoms with Crippen LogP contribution in [0.5, 0.6) is 11.5 Å². The topological polar surface area (TPSA) is 78.6 Å². The average Bonchev–Trinajstić information content (AvgIpc) is 2.19. The summed E-state index contributed by atoms with van der Waals surface area (Å²) in [6.45, 7) is 3.57. The first kappa shape index (κ1) is 12.5. The van der Waals surface area contributed by atoms with E-state index in [1.54, 1.807) is 18.2 Å². The Balaban J connectivity index is 3.12. The zero-order valence-corrected chi connectivity index (χ0v) is 9.66. The van der Waals surface area contributed by atoms with E-state index < -0.39 is 10.3 Å². The molecule has 2 N–H and O–H groups in total. The van der Waals surface area contributed by atoms with Crippen LogP contribution in [-0.2, 0) is 16.7 Å². The van der Waals surface area contributed by atoms with E-state index in [4.69, 9.17) is 9.88 Å². The van der Waals surface area contributed by atoms with Gasteiger partial charge in [-0.2, -0.15) is 13.6 Å². The number of nitrogens with two attached hydrogens (primary N) is 1. The number of methoxy groups -OCH3 is 1. The molecule has 0 saturated carbocycles. The van der Waals surface area contributed by atoms with Gasteiger partial charge in [-0.15, -0.1) is 6.58 Å². The van der Waals surface area contributed by atoms with Gasteiger partial charge in [0.05, 0.1) is 7.11 Å². The Morgan fingerprint density at radius 1 is 1.50 bits per heavy atom. The molecule has 5 nitrogen and oxygen atoms in total. The van der Waals surface area contributed by atoms with E-state index in [2.05, 4.69) is 10.8 Å². The first-order valence-corrected chi connectivity index (χ1v) is 5.93. The smallest absolute Gasteiger partial charge is 0.380 e. The van der Waals surface area contributed by atoms with Gasteiger partial charge in [0.2, 0.25) is 0 Å². The zero-order valence-electron chi connectivity index (χ0n) is 8.84. The maximum absolute atomic E-state index is 10.8. The molecule has 1 aromatic carbocycles. The zero-order chi connectivity index (χ0) is 12.2. The summed E-state index contributed by atoms with van der Waals surface area (Å²) in [7, 11) is -2.49. The highest BCUT2D eigenvalue weighted by molar-refractivity contribution is 7.84. The van der Waals surface area contributed by atoms with Crippen LogP contribution in [0.1, 0.15) is 5.56 Å². The quantitative estimate of drug-likeness (QED) is 0.783. The van der Waals surface area contributed by atoms with Crippen LogP contribution in [0.4, 0.5) is 0 Å². The lowest BCUT2D eigenvalue weighted by Crippen LogP contribution is -2.19. The minimum absolute atomic E-state index is 0.184. The molecule has 0 bridgehead atoms. The third-order valence-corrected chi connectivity index (χ3v) is 2.25. The monoisotopic (exact) mass is 243 g/mol. The Kier molecular flexibility index (Phi) is 3.92. The molecule has 0 fully saturated rings. The second-order valence-corrected chi connectivity index (χ2v) is 4.19. The predicted molar refractivity (Wildman–Crippen MR) is 60.6 cm³/mol. The number of allylic oxidation sites excluding steroid dienone is 1. The molecule has 88 valence electrons. The van der Waals surface area contributed by atoms with Crippen LogP contribution in [0.15, 0.2) is 30.9 Å². The molecule has 0 saturated heterocycles. The van der Waals surface area contributed by atoms with E-state index in [1.807, 2.05) is 0 Å². The molecule has 0 spiro atoms. The van der Waals surface area contributed by atoms with Crippen LogP contribution in [0.25, 0.3) is 0 Å². The lowest BCUT2D eigenvalue weighted by Gasteiger charge is -2.09. The molecule has 6 heteroatoms. The molecule has 0 unspecified atom stereocenters. The molecular weight excluding hydrogens is 230 g/mol. The third-order valence-electron chi connectivity index (χ3n) is 1.84. The van der Waals surface area contributed by atoms with E-state index in [1.165, 1.54) is 13.2 Å². The second kappa shape index (κ2) is 5.00. The van der Waals surface area contributed by atoms with Gasteiger partial charge in [0.1, 0.15) is 11.5 Å². The molecule has 0 aliphatic heterocycles. The van der Waals surface area contributed by atoms with Gasteiger partial charge in [-0.05, 0) is 24.6 Å². The fraction of sp³-hybridized carbons (Fsp3) is 0.200. The molecular formula is C10H13NO4S. The van der Waals surface area contributed by atoms with Crippen molar-refractivity contribution in [2.24, 2.45) is 5.14 Å². The van der Waals surface area contributed by atoms with E-state index in [0.717, 1.165) is 0 Å². The van der Waals surface area contributed by atoms with Crippen molar-refractivity contribution in [3.63, 3.8) is 0 Å². The van der Waals surface area contributed by atoms with Crippen molar-refractivity contribution < 1.29 is 17.3 Å². The second-order valence-electron chi connectivity index (χ2n) is 3.04. The van der Waals surface area contributed by atoms with Gasteiger partial charge in [0.25, 0.3) is 0 Å². The van der Waals surface area contributed by atoms with Gasteiger partial charge in [-0.3, -0.25) is 0 Å².